The number of phenolic OH excluding ortho intramolecular Hbond substituents is 2. The molecule has 0 saturated heterocycles. The van der Waals surface area contributed by atoms with E-state index in [2.05, 4.69) is 33.1 Å². The fourth-order valence-corrected chi connectivity index (χ4v) is 5.63. The average Bonchev–Trinajstić information content (AvgIpc) is 3.53. The molecule has 4 aromatic rings. The molecule has 1 heterocycles. The van der Waals surface area contributed by atoms with Crippen molar-refractivity contribution in [1.29, 1.82) is 0 Å². The highest BCUT2D eigenvalue weighted by atomic mass is 35.5. The smallest absolute Gasteiger partial charge is 0.323 e. The van der Waals surface area contributed by atoms with E-state index in [1.165, 1.54) is 63.5 Å². The number of carbonyl (C=O) groups is 2. The number of rotatable bonds is 20. The molecule has 1 aromatic heterocycles. The zero-order valence-electron chi connectivity index (χ0n) is 27.4. The van der Waals surface area contributed by atoms with Crippen LogP contribution in [-0.4, -0.2) is 39.0 Å². The van der Waals surface area contributed by atoms with Gasteiger partial charge in [-0.2, -0.15) is 0 Å². The van der Waals surface area contributed by atoms with Crippen LogP contribution in [0.4, 0.5) is 22.2 Å². The maximum Gasteiger partial charge on any atom is 0.323 e. The first-order chi connectivity index (χ1) is 23.8. The summed E-state index contributed by atoms with van der Waals surface area (Å²) in [4.78, 5) is 35.9. The van der Waals surface area contributed by atoms with Crippen LogP contribution >= 0.6 is 23.4 Å². The summed E-state index contributed by atoms with van der Waals surface area (Å²) in [6, 6.07) is 15.1. The van der Waals surface area contributed by atoms with Crippen molar-refractivity contribution in [3.05, 3.63) is 76.8 Å². The van der Waals surface area contributed by atoms with Gasteiger partial charge in [0.15, 0.2) is 0 Å². The number of nitrogens with zero attached hydrogens (tertiary/aromatic N) is 2. The SMILES string of the molecule is CCCCCCCCCCCCOOCc1ccc(Cl)c(NC(=O)Nc2cc(O)c(Sc3nnc(NC(=O)c4ccccc4)o3)cc2O)c1. The summed E-state index contributed by atoms with van der Waals surface area (Å²) in [7, 11) is 0. The largest absolute Gasteiger partial charge is 0.507 e. The highest BCUT2D eigenvalue weighted by Gasteiger charge is 2.17. The molecule has 5 N–H and O–H groups in total. The Labute approximate surface area is 294 Å². The van der Waals surface area contributed by atoms with Gasteiger partial charge in [0.05, 0.1) is 27.9 Å². The fraction of sp³-hybridized carbons (Fsp3) is 0.371. The molecule has 0 saturated carbocycles. The summed E-state index contributed by atoms with van der Waals surface area (Å²) in [5.74, 6) is -1.04. The monoisotopic (exact) mass is 711 g/mol. The molecule has 3 aromatic carbocycles. The second-order valence-corrected chi connectivity index (χ2v) is 12.7. The van der Waals surface area contributed by atoms with E-state index in [1.807, 2.05) is 0 Å². The third-order valence-corrected chi connectivity index (χ3v) is 8.57. The molecule has 0 aliphatic rings. The van der Waals surface area contributed by atoms with Crippen LogP contribution in [0.1, 0.15) is 87.1 Å². The van der Waals surface area contributed by atoms with Crippen LogP contribution in [0.15, 0.2) is 75.2 Å². The Morgan fingerprint density at radius 2 is 1.49 bits per heavy atom. The number of aromatic nitrogens is 2. The molecule has 0 aliphatic carbocycles. The van der Waals surface area contributed by atoms with E-state index in [9.17, 15) is 19.8 Å². The van der Waals surface area contributed by atoms with Gasteiger partial charge in [0.25, 0.3) is 11.1 Å². The molecule has 14 heteroatoms. The minimum absolute atomic E-state index is 0.000722. The summed E-state index contributed by atoms with van der Waals surface area (Å²) in [6.07, 6.45) is 12.4. The number of nitrogens with one attached hydrogen (secondary N) is 3. The molecule has 0 bridgehead atoms. The number of amides is 3. The highest BCUT2D eigenvalue weighted by Crippen LogP contribution is 2.40. The van der Waals surface area contributed by atoms with Gasteiger partial charge in [0, 0.05) is 11.6 Å². The van der Waals surface area contributed by atoms with Crippen molar-refractivity contribution >= 4 is 52.7 Å². The second-order valence-electron chi connectivity index (χ2n) is 11.3. The van der Waals surface area contributed by atoms with Gasteiger partial charge in [-0.3, -0.25) is 10.1 Å². The van der Waals surface area contributed by atoms with Crippen LogP contribution in [-0.2, 0) is 16.4 Å². The fourth-order valence-electron chi connectivity index (χ4n) is 4.74. The van der Waals surface area contributed by atoms with Crippen molar-refractivity contribution < 1.29 is 34.0 Å². The van der Waals surface area contributed by atoms with E-state index in [0.29, 0.717) is 22.9 Å². The maximum atomic E-state index is 12.8. The highest BCUT2D eigenvalue weighted by molar-refractivity contribution is 7.99. The molecule has 0 aliphatic heterocycles. The van der Waals surface area contributed by atoms with Gasteiger partial charge in [-0.05, 0) is 54.1 Å². The van der Waals surface area contributed by atoms with Gasteiger partial charge in [-0.25, -0.2) is 14.6 Å². The van der Waals surface area contributed by atoms with Gasteiger partial charge < -0.3 is 25.3 Å². The number of benzene rings is 3. The Morgan fingerprint density at radius 1 is 0.796 bits per heavy atom. The van der Waals surface area contributed by atoms with Crippen LogP contribution in [0.2, 0.25) is 5.02 Å². The Hall–Kier alpha value is -4.30. The van der Waals surface area contributed by atoms with Crippen LogP contribution in [0.3, 0.4) is 0 Å². The number of halogens is 1. The quantitative estimate of drug-likeness (QED) is 0.0196. The predicted molar refractivity (Wildman–Crippen MR) is 189 cm³/mol. The predicted octanol–water partition coefficient (Wildman–Crippen LogP) is 9.55. The second kappa shape index (κ2) is 20.3. The van der Waals surface area contributed by atoms with E-state index in [-0.39, 0.29) is 39.9 Å². The number of aromatic hydroxyl groups is 2. The van der Waals surface area contributed by atoms with E-state index < -0.39 is 11.9 Å². The molecule has 262 valence electrons. The van der Waals surface area contributed by atoms with Gasteiger partial charge in [-0.15, -0.1) is 0 Å². The molecule has 4 rings (SSSR count). The van der Waals surface area contributed by atoms with Crippen molar-refractivity contribution in [2.75, 3.05) is 22.6 Å². The number of unbranched alkanes of at least 4 members (excludes halogenated alkanes) is 9. The number of hydrogen-bond donors (Lipinski definition) is 5. The van der Waals surface area contributed by atoms with Gasteiger partial charge in [0.2, 0.25) is 0 Å². The topological polar surface area (TPSA) is 168 Å². The van der Waals surface area contributed by atoms with Gasteiger partial charge in [-0.1, -0.05) is 111 Å². The first-order valence-electron chi connectivity index (χ1n) is 16.4. The van der Waals surface area contributed by atoms with Crippen LogP contribution in [0.5, 0.6) is 11.5 Å². The zero-order valence-corrected chi connectivity index (χ0v) is 28.9. The summed E-state index contributed by atoms with van der Waals surface area (Å²) < 4.78 is 5.43. The number of hydrogen-bond acceptors (Lipinski definition) is 10. The molecule has 0 fully saturated rings. The molecule has 3 amide bonds. The summed E-state index contributed by atoms with van der Waals surface area (Å²) in [5.41, 5.74) is 1.40. The van der Waals surface area contributed by atoms with Crippen molar-refractivity contribution in [3.8, 4) is 11.5 Å². The third kappa shape index (κ3) is 12.9. The van der Waals surface area contributed by atoms with Crippen molar-refractivity contribution in [3.63, 3.8) is 0 Å². The Morgan fingerprint density at radius 3 is 2.22 bits per heavy atom. The standard InChI is InChI=1S/C35H42ClN5O7S/c1-2-3-4-5-6-7-8-9-10-14-19-46-47-23-24-17-18-26(36)27(20-24)37-33(45)38-28-21-30(43)31(22-29(28)42)49-35-41-40-34(48-35)39-32(44)25-15-12-11-13-16-25/h11-13,15-18,20-22,42-43H,2-10,14,19,23H2,1H3,(H2,37,38,45)(H,39,40,44). The Bertz CT molecular complexity index is 1640. The summed E-state index contributed by atoms with van der Waals surface area (Å²) in [5, 5.41) is 36.7. The normalized spacial score (nSPS) is 11.0. The van der Waals surface area contributed by atoms with Gasteiger partial charge in [0.1, 0.15) is 18.1 Å². The first kappa shape index (κ1) is 37.5. The van der Waals surface area contributed by atoms with E-state index in [1.54, 1.807) is 48.5 Å². The van der Waals surface area contributed by atoms with E-state index in [0.717, 1.165) is 30.2 Å². The van der Waals surface area contributed by atoms with Crippen LogP contribution in [0, 0.1) is 0 Å². The van der Waals surface area contributed by atoms with Crippen LogP contribution in [0.25, 0.3) is 0 Å². The first-order valence-corrected chi connectivity index (χ1v) is 17.6. The maximum absolute atomic E-state index is 12.8. The molecule has 0 radical (unpaired) electrons. The summed E-state index contributed by atoms with van der Waals surface area (Å²) in [6.45, 7) is 2.91. The lowest BCUT2D eigenvalue weighted by Gasteiger charge is -2.13. The average molecular weight is 712 g/mol. The summed E-state index contributed by atoms with van der Waals surface area (Å²) >= 11 is 7.15. The van der Waals surface area contributed by atoms with Crippen molar-refractivity contribution in [1.82, 2.24) is 10.2 Å². The molecule has 0 spiro atoms. The van der Waals surface area contributed by atoms with E-state index in [4.69, 9.17) is 25.8 Å². The van der Waals surface area contributed by atoms with E-state index >= 15 is 0 Å². The van der Waals surface area contributed by atoms with Gasteiger partial charge >= 0.3 is 12.0 Å². The number of anilines is 3. The zero-order chi connectivity index (χ0) is 34.8. The number of phenols is 2. The lowest BCUT2D eigenvalue weighted by atomic mass is 10.1. The lowest BCUT2D eigenvalue weighted by molar-refractivity contribution is -0.304. The molecule has 49 heavy (non-hydrogen) atoms. The lowest BCUT2D eigenvalue weighted by Crippen LogP contribution is -2.19. The number of urea groups is 1. The Kier molecular flexibility index (Phi) is 15.5. The number of carbonyl (C=O) groups excluding carboxylic acids is 2. The molecule has 0 unspecified atom stereocenters. The molecular formula is C35H42ClN5O7S. The van der Waals surface area contributed by atoms with Crippen LogP contribution < -0.4 is 16.0 Å². The Balaban J connectivity index is 1.19. The third-order valence-electron chi connectivity index (χ3n) is 7.35. The molecular weight excluding hydrogens is 670 g/mol. The van der Waals surface area contributed by atoms with Crippen molar-refractivity contribution in [2.24, 2.45) is 0 Å². The molecule has 0 atom stereocenters. The minimum atomic E-state index is -0.706. The van der Waals surface area contributed by atoms with Crippen molar-refractivity contribution in [2.45, 2.75) is 87.9 Å². The molecule has 12 nitrogen and oxygen atoms in total. The minimum Gasteiger partial charge on any atom is -0.507 e.